The molecule has 0 radical (unpaired) electrons. The number of benzene rings is 2. The van der Waals surface area contributed by atoms with Gasteiger partial charge in [-0.3, -0.25) is 4.84 Å². The van der Waals surface area contributed by atoms with E-state index in [1.807, 2.05) is 35.2 Å². The lowest BCUT2D eigenvalue weighted by atomic mass is 9.76. The zero-order valence-electron chi connectivity index (χ0n) is 23.5. The third-order valence-electron chi connectivity index (χ3n) is 9.82. The Bertz CT molecular complexity index is 1070. The van der Waals surface area contributed by atoms with Crippen LogP contribution in [0.15, 0.2) is 60.7 Å². The summed E-state index contributed by atoms with van der Waals surface area (Å²) >= 11 is 0. The van der Waals surface area contributed by atoms with E-state index in [0.717, 1.165) is 44.6 Å². The summed E-state index contributed by atoms with van der Waals surface area (Å²) in [6.07, 6.45) is 9.43. The third kappa shape index (κ3) is 5.89. The van der Waals surface area contributed by atoms with Crippen molar-refractivity contribution in [3.05, 3.63) is 71.8 Å². The molecule has 0 N–H and O–H groups in total. The molecule has 1 saturated carbocycles. The van der Waals surface area contributed by atoms with Gasteiger partial charge in [0.05, 0.1) is 5.60 Å². The van der Waals surface area contributed by atoms with Gasteiger partial charge in [-0.05, 0) is 56.1 Å². The van der Waals surface area contributed by atoms with Gasteiger partial charge >= 0.3 is 6.09 Å². The maximum Gasteiger partial charge on any atom is 0.410 e. The number of carbonyl (C=O) groups is 1. The van der Waals surface area contributed by atoms with E-state index >= 15 is 0 Å². The van der Waals surface area contributed by atoms with Gasteiger partial charge in [-0.1, -0.05) is 79.9 Å². The summed E-state index contributed by atoms with van der Waals surface area (Å²) in [7, 11) is 0. The fraction of sp³-hybridized carbons (Fsp3) is 0.606. The molecule has 3 aliphatic heterocycles. The van der Waals surface area contributed by atoms with Crippen LogP contribution in [0.2, 0.25) is 0 Å². The zero-order valence-corrected chi connectivity index (χ0v) is 23.5. The number of hydrogen-bond donors (Lipinski definition) is 0. The fourth-order valence-electron chi connectivity index (χ4n) is 7.89. The minimum Gasteiger partial charge on any atom is -0.445 e. The first-order valence-corrected chi connectivity index (χ1v) is 15.3. The second kappa shape index (κ2) is 12.0. The lowest BCUT2D eigenvalue weighted by molar-refractivity contribution is -0.206. The average molecular weight is 532 g/mol. The second-order valence-corrected chi connectivity index (χ2v) is 12.3. The Morgan fingerprint density at radius 2 is 1.69 bits per heavy atom. The number of rotatable bonds is 7. The highest BCUT2D eigenvalue weighted by molar-refractivity contribution is 5.68. The Hall–Kier alpha value is -2.41. The van der Waals surface area contributed by atoms with Crippen LogP contribution in [-0.2, 0) is 16.2 Å². The topological polar surface area (TPSA) is 45.2 Å². The summed E-state index contributed by atoms with van der Waals surface area (Å²) in [5.41, 5.74) is 2.60. The second-order valence-electron chi connectivity index (χ2n) is 12.3. The van der Waals surface area contributed by atoms with Crippen molar-refractivity contribution in [3.63, 3.8) is 0 Å². The number of likely N-dealkylation sites (tertiary alicyclic amines) is 1. The van der Waals surface area contributed by atoms with E-state index in [-0.39, 0.29) is 17.7 Å². The van der Waals surface area contributed by atoms with E-state index in [4.69, 9.17) is 9.57 Å². The van der Waals surface area contributed by atoms with E-state index < -0.39 is 0 Å². The first-order valence-electron chi connectivity index (χ1n) is 15.3. The molecule has 0 aromatic heterocycles. The zero-order chi connectivity index (χ0) is 26.7. The quantitative estimate of drug-likeness (QED) is 0.424. The fourth-order valence-corrected chi connectivity index (χ4v) is 7.89. The predicted octanol–water partition coefficient (Wildman–Crippen LogP) is 6.23. The van der Waals surface area contributed by atoms with Gasteiger partial charge in [0, 0.05) is 50.7 Å². The van der Waals surface area contributed by atoms with Crippen molar-refractivity contribution >= 4 is 6.09 Å². The Kier molecular flexibility index (Phi) is 8.24. The summed E-state index contributed by atoms with van der Waals surface area (Å²) in [6.45, 7) is 7.26. The maximum atomic E-state index is 12.9. The van der Waals surface area contributed by atoms with Gasteiger partial charge in [-0.25, -0.2) is 4.79 Å². The Labute approximate surface area is 234 Å². The van der Waals surface area contributed by atoms with Gasteiger partial charge < -0.3 is 14.5 Å². The standard InChI is InChI=1S/C33H45N3O3/c1-2-35(32(37)38-25-26-12-6-3-7-13-26)29-16-20-34(21-17-29)23-28-24-36-30(31(28)27-14-8-4-9-15-27)22-33(39-36)18-10-5-11-19-33/h3-4,6-9,12-15,28-31H,2,5,10-11,16-25H2,1H3/t28-,30-,31+/m0/s1. The molecular formula is C33H45N3O3. The molecule has 2 aromatic rings. The molecular weight excluding hydrogens is 486 g/mol. The lowest BCUT2D eigenvalue weighted by Gasteiger charge is -2.39. The lowest BCUT2D eigenvalue weighted by Crippen LogP contribution is -2.48. The molecule has 210 valence electrons. The Morgan fingerprint density at radius 1 is 1.00 bits per heavy atom. The van der Waals surface area contributed by atoms with E-state index in [0.29, 0.717) is 31.0 Å². The highest BCUT2D eigenvalue weighted by Crippen LogP contribution is 2.51. The molecule has 0 bridgehead atoms. The van der Waals surface area contributed by atoms with Gasteiger partial charge in [0.15, 0.2) is 0 Å². The van der Waals surface area contributed by atoms with Gasteiger partial charge in [-0.15, -0.1) is 0 Å². The SMILES string of the molecule is CCN(C(=O)OCc1ccccc1)C1CCN(C[C@H]2CN3OC4(CCCCC4)C[C@H]3[C@@H]2c2ccccc2)CC1. The molecule has 6 nitrogen and oxygen atoms in total. The van der Waals surface area contributed by atoms with Crippen molar-refractivity contribution in [2.24, 2.45) is 5.92 Å². The van der Waals surface area contributed by atoms with Gasteiger partial charge in [-0.2, -0.15) is 5.06 Å². The molecule has 2 aromatic carbocycles. The Morgan fingerprint density at radius 3 is 2.38 bits per heavy atom. The van der Waals surface area contributed by atoms with Crippen molar-refractivity contribution < 1.29 is 14.4 Å². The summed E-state index contributed by atoms with van der Waals surface area (Å²) in [5.74, 6) is 1.08. The normalized spacial score (nSPS) is 27.5. The van der Waals surface area contributed by atoms with Crippen LogP contribution < -0.4 is 0 Å². The number of carbonyl (C=O) groups excluding carboxylic acids is 1. The molecule has 3 saturated heterocycles. The van der Waals surface area contributed by atoms with E-state index in [1.165, 1.54) is 44.1 Å². The van der Waals surface area contributed by atoms with Crippen LogP contribution in [0.5, 0.6) is 0 Å². The summed E-state index contributed by atoms with van der Waals surface area (Å²) in [5, 5.41) is 2.39. The van der Waals surface area contributed by atoms with Crippen LogP contribution in [0.3, 0.4) is 0 Å². The molecule has 39 heavy (non-hydrogen) atoms. The van der Waals surface area contributed by atoms with Crippen LogP contribution in [0, 0.1) is 5.92 Å². The largest absolute Gasteiger partial charge is 0.445 e. The van der Waals surface area contributed by atoms with Crippen molar-refractivity contribution in [2.45, 2.75) is 88.5 Å². The first-order chi connectivity index (χ1) is 19.1. The molecule has 6 heteroatoms. The maximum absolute atomic E-state index is 12.9. The number of fused-ring (bicyclic) bond motifs is 1. The summed E-state index contributed by atoms with van der Waals surface area (Å²) in [6, 6.07) is 21.9. The third-order valence-corrected chi connectivity index (χ3v) is 9.82. The van der Waals surface area contributed by atoms with Crippen LogP contribution >= 0.6 is 0 Å². The summed E-state index contributed by atoms with van der Waals surface area (Å²) in [4.78, 5) is 24.3. The number of hydroxylamine groups is 2. The monoisotopic (exact) mass is 531 g/mol. The molecule has 4 aliphatic rings. The Balaban J connectivity index is 1.06. The number of hydrogen-bond acceptors (Lipinski definition) is 5. The van der Waals surface area contributed by atoms with Gasteiger partial charge in [0.25, 0.3) is 0 Å². The van der Waals surface area contributed by atoms with Crippen molar-refractivity contribution in [1.29, 1.82) is 0 Å². The average Bonchev–Trinajstić information content (AvgIpc) is 3.47. The molecule has 0 unspecified atom stereocenters. The van der Waals surface area contributed by atoms with Crippen LogP contribution in [0.25, 0.3) is 0 Å². The smallest absolute Gasteiger partial charge is 0.410 e. The van der Waals surface area contributed by atoms with Crippen LogP contribution in [-0.4, -0.2) is 71.4 Å². The van der Waals surface area contributed by atoms with Gasteiger partial charge in [0.2, 0.25) is 0 Å². The molecule has 3 atom stereocenters. The number of piperidine rings is 1. The van der Waals surface area contributed by atoms with Gasteiger partial charge in [0.1, 0.15) is 6.61 Å². The molecule has 4 fully saturated rings. The van der Waals surface area contributed by atoms with Crippen molar-refractivity contribution in [3.8, 4) is 0 Å². The molecule has 1 amide bonds. The first kappa shape index (κ1) is 26.8. The molecule has 6 rings (SSSR count). The number of nitrogens with zero attached hydrogens (tertiary/aromatic N) is 3. The molecule has 1 aliphatic carbocycles. The summed E-state index contributed by atoms with van der Waals surface area (Å²) < 4.78 is 5.68. The minimum atomic E-state index is -0.186. The number of amides is 1. The van der Waals surface area contributed by atoms with Crippen molar-refractivity contribution in [1.82, 2.24) is 14.9 Å². The molecule has 3 heterocycles. The van der Waals surface area contributed by atoms with Crippen molar-refractivity contribution in [2.75, 3.05) is 32.7 Å². The minimum absolute atomic E-state index is 0.0952. The molecule has 1 spiro atoms. The highest BCUT2D eigenvalue weighted by atomic mass is 16.7. The number of ether oxygens (including phenoxy) is 1. The van der Waals surface area contributed by atoms with Crippen LogP contribution in [0.1, 0.15) is 75.3 Å². The van der Waals surface area contributed by atoms with E-state index in [1.54, 1.807) is 0 Å². The van der Waals surface area contributed by atoms with E-state index in [2.05, 4.69) is 47.2 Å². The predicted molar refractivity (Wildman–Crippen MR) is 153 cm³/mol. The van der Waals surface area contributed by atoms with E-state index in [9.17, 15) is 4.79 Å². The highest BCUT2D eigenvalue weighted by Gasteiger charge is 2.55. The van der Waals surface area contributed by atoms with Crippen LogP contribution in [0.4, 0.5) is 4.79 Å².